The van der Waals surface area contributed by atoms with E-state index in [0.29, 0.717) is 23.5 Å². The number of hydrogen-bond donors (Lipinski definition) is 0. The predicted molar refractivity (Wildman–Crippen MR) is 97.6 cm³/mol. The van der Waals surface area contributed by atoms with Crippen LogP contribution in [0.1, 0.15) is 29.1 Å². The fraction of sp³-hybridized carbons (Fsp3) is 0.263. The lowest BCUT2D eigenvalue weighted by molar-refractivity contribution is -0.131. The van der Waals surface area contributed by atoms with E-state index in [1.807, 2.05) is 66.4 Å². The Labute approximate surface area is 145 Å². The van der Waals surface area contributed by atoms with Crippen molar-refractivity contribution in [2.45, 2.75) is 20.4 Å². The van der Waals surface area contributed by atoms with E-state index < -0.39 is 0 Å². The molecular formula is C19H20N2O2S. The Balaban J connectivity index is 2.01. The van der Waals surface area contributed by atoms with E-state index in [2.05, 4.69) is 0 Å². The van der Waals surface area contributed by atoms with E-state index in [-0.39, 0.29) is 18.2 Å². The second-order valence-electron chi connectivity index (χ2n) is 5.56. The highest BCUT2D eigenvalue weighted by Gasteiger charge is 2.19. The maximum absolute atomic E-state index is 12.8. The molecule has 3 aromatic rings. The predicted octanol–water partition coefficient (Wildman–Crippen LogP) is 3.80. The van der Waals surface area contributed by atoms with E-state index in [0.717, 1.165) is 10.9 Å². The summed E-state index contributed by atoms with van der Waals surface area (Å²) in [6, 6.07) is 11.5. The molecule has 0 fully saturated rings. The third-order valence-electron chi connectivity index (χ3n) is 4.20. The number of amides is 1. The van der Waals surface area contributed by atoms with Gasteiger partial charge in [-0.3, -0.25) is 9.59 Å². The first-order valence-electron chi connectivity index (χ1n) is 8.09. The highest BCUT2D eigenvalue weighted by Crippen LogP contribution is 2.25. The van der Waals surface area contributed by atoms with E-state index in [1.54, 1.807) is 4.90 Å². The molecule has 0 bridgehead atoms. The summed E-state index contributed by atoms with van der Waals surface area (Å²) < 4.78 is 1.89. The second-order valence-corrected chi connectivity index (χ2v) is 6.51. The molecule has 0 aliphatic carbocycles. The van der Waals surface area contributed by atoms with Gasteiger partial charge >= 0.3 is 0 Å². The molecule has 24 heavy (non-hydrogen) atoms. The van der Waals surface area contributed by atoms with Crippen LogP contribution in [-0.4, -0.2) is 34.2 Å². The van der Waals surface area contributed by atoms with Crippen molar-refractivity contribution < 1.29 is 9.59 Å². The monoisotopic (exact) mass is 340 g/mol. The van der Waals surface area contributed by atoms with Crippen molar-refractivity contribution in [1.29, 1.82) is 0 Å². The zero-order chi connectivity index (χ0) is 17.1. The van der Waals surface area contributed by atoms with Gasteiger partial charge < -0.3 is 9.47 Å². The summed E-state index contributed by atoms with van der Waals surface area (Å²) in [4.78, 5) is 27.7. The van der Waals surface area contributed by atoms with Gasteiger partial charge in [-0.15, -0.1) is 11.3 Å². The summed E-state index contributed by atoms with van der Waals surface area (Å²) in [7, 11) is 0. The molecule has 1 aromatic carbocycles. The molecule has 2 aromatic heterocycles. The minimum absolute atomic E-state index is 0.00948. The Hall–Kier alpha value is -2.40. The van der Waals surface area contributed by atoms with E-state index >= 15 is 0 Å². The molecule has 124 valence electrons. The number of likely N-dealkylation sites (N-methyl/N-ethyl adjacent to an activating group) is 1. The standard InChI is InChI=1S/C19H20N2O2S/c1-3-20(4-2)18(22)13-21-12-15(14-8-5-6-9-16(14)21)19(23)17-10-7-11-24-17/h5-12H,3-4,13H2,1-2H3. The maximum Gasteiger partial charge on any atom is 0.242 e. The van der Waals surface area contributed by atoms with E-state index in [9.17, 15) is 9.59 Å². The number of carbonyl (C=O) groups excluding carboxylic acids is 2. The van der Waals surface area contributed by atoms with Gasteiger partial charge in [0.2, 0.25) is 11.7 Å². The van der Waals surface area contributed by atoms with Crippen LogP contribution < -0.4 is 0 Å². The van der Waals surface area contributed by atoms with Gasteiger partial charge in [-0.1, -0.05) is 24.3 Å². The van der Waals surface area contributed by atoms with Crippen molar-refractivity contribution in [1.82, 2.24) is 9.47 Å². The van der Waals surface area contributed by atoms with E-state index in [4.69, 9.17) is 0 Å². The van der Waals surface area contributed by atoms with Gasteiger partial charge in [0.25, 0.3) is 0 Å². The summed E-state index contributed by atoms with van der Waals surface area (Å²) in [6.45, 7) is 5.58. The van der Waals surface area contributed by atoms with Crippen molar-refractivity contribution in [2.75, 3.05) is 13.1 Å². The van der Waals surface area contributed by atoms with Gasteiger partial charge in [0.1, 0.15) is 6.54 Å². The quantitative estimate of drug-likeness (QED) is 0.641. The topological polar surface area (TPSA) is 42.3 Å². The summed E-state index contributed by atoms with van der Waals surface area (Å²) in [5.74, 6) is 0.0751. The van der Waals surface area contributed by atoms with Crippen molar-refractivity contribution in [3.05, 3.63) is 58.4 Å². The highest BCUT2D eigenvalue weighted by molar-refractivity contribution is 7.12. The second kappa shape index (κ2) is 7.01. The molecule has 0 aliphatic heterocycles. The summed E-state index contributed by atoms with van der Waals surface area (Å²) >= 11 is 1.44. The number of aromatic nitrogens is 1. The zero-order valence-electron chi connectivity index (χ0n) is 13.9. The first-order valence-corrected chi connectivity index (χ1v) is 8.97. The Morgan fingerprint density at radius 2 is 1.83 bits per heavy atom. The first kappa shape index (κ1) is 16.5. The van der Waals surface area contributed by atoms with Crippen LogP contribution in [0.5, 0.6) is 0 Å². The van der Waals surface area contributed by atoms with Gasteiger partial charge in [-0.2, -0.15) is 0 Å². The van der Waals surface area contributed by atoms with Gasteiger partial charge in [0, 0.05) is 35.8 Å². The molecule has 1 amide bonds. The van der Waals surface area contributed by atoms with Crippen LogP contribution in [0.25, 0.3) is 10.9 Å². The molecule has 0 spiro atoms. The lowest BCUT2D eigenvalue weighted by Crippen LogP contribution is -2.33. The van der Waals surface area contributed by atoms with Crippen LogP contribution in [0.4, 0.5) is 0 Å². The molecule has 0 N–H and O–H groups in total. The number of carbonyl (C=O) groups is 2. The molecule has 0 saturated heterocycles. The fourth-order valence-corrected chi connectivity index (χ4v) is 3.60. The number of rotatable bonds is 6. The Morgan fingerprint density at radius 1 is 1.08 bits per heavy atom. The lowest BCUT2D eigenvalue weighted by Gasteiger charge is -2.19. The molecule has 0 aliphatic rings. The minimum Gasteiger partial charge on any atom is -0.342 e. The number of para-hydroxylation sites is 1. The average Bonchev–Trinajstić information content (AvgIpc) is 3.24. The van der Waals surface area contributed by atoms with Crippen molar-refractivity contribution in [2.24, 2.45) is 0 Å². The van der Waals surface area contributed by atoms with Gasteiger partial charge in [0.15, 0.2) is 0 Å². The van der Waals surface area contributed by atoms with Crippen molar-refractivity contribution in [3.63, 3.8) is 0 Å². The Kier molecular flexibility index (Phi) is 4.81. The average molecular weight is 340 g/mol. The molecule has 0 atom stereocenters. The molecule has 3 rings (SSSR count). The van der Waals surface area contributed by atoms with Crippen LogP contribution in [0, 0.1) is 0 Å². The molecule has 5 heteroatoms. The maximum atomic E-state index is 12.8. The normalized spacial score (nSPS) is 10.9. The Bertz CT molecular complexity index is 861. The minimum atomic E-state index is 0.00948. The third kappa shape index (κ3) is 2.99. The van der Waals surface area contributed by atoms with Crippen LogP contribution in [0.15, 0.2) is 48.0 Å². The van der Waals surface area contributed by atoms with Crippen LogP contribution in [0.2, 0.25) is 0 Å². The summed E-state index contributed by atoms with van der Waals surface area (Å²) in [5, 5.41) is 2.79. The van der Waals surface area contributed by atoms with Crippen LogP contribution in [-0.2, 0) is 11.3 Å². The lowest BCUT2D eigenvalue weighted by atomic mass is 10.1. The fourth-order valence-electron chi connectivity index (χ4n) is 2.92. The van der Waals surface area contributed by atoms with E-state index in [1.165, 1.54) is 11.3 Å². The van der Waals surface area contributed by atoms with Gasteiger partial charge in [-0.05, 0) is 31.4 Å². The number of fused-ring (bicyclic) bond motifs is 1. The number of thiophene rings is 1. The number of benzene rings is 1. The number of ketones is 1. The van der Waals surface area contributed by atoms with Crippen molar-refractivity contribution in [3.8, 4) is 0 Å². The SMILES string of the molecule is CCN(CC)C(=O)Cn1cc(C(=O)c2cccs2)c2ccccc21. The third-order valence-corrected chi connectivity index (χ3v) is 5.07. The first-order chi connectivity index (χ1) is 11.7. The highest BCUT2D eigenvalue weighted by atomic mass is 32.1. The van der Waals surface area contributed by atoms with Crippen LogP contribution >= 0.6 is 11.3 Å². The van der Waals surface area contributed by atoms with Gasteiger partial charge in [0.05, 0.1) is 4.88 Å². The van der Waals surface area contributed by atoms with Gasteiger partial charge in [-0.25, -0.2) is 0 Å². The molecule has 4 nitrogen and oxygen atoms in total. The molecule has 0 unspecified atom stereocenters. The number of hydrogen-bond acceptors (Lipinski definition) is 3. The Morgan fingerprint density at radius 3 is 2.50 bits per heavy atom. The molecule has 2 heterocycles. The molecule has 0 radical (unpaired) electrons. The van der Waals surface area contributed by atoms with Crippen LogP contribution in [0.3, 0.4) is 0 Å². The molecular weight excluding hydrogens is 320 g/mol. The number of nitrogens with zero attached hydrogens (tertiary/aromatic N) is 2. The summed E-state index contributed by atoms with van der Waals surface area (Å²) in [5.41, 5.74) is 1.57. The molecule has 0 saturated carbocycles. The smallest absolute Gasteiger partial charge is 0.242 e. The zero-order valence-corrected chi connectivity index (χ0v) is 14.7. The summed E-state index contributed by atoms with van der Waals surface area (Å²) in [6.07, 6.45) is 1.81. The van der Waals surface area contributed by atoms with Crippen molar-refractivity contribution >= 4 is 33.9 Å². The largest absolute Gasteiger partial charge is 0.342 e.